The summed E-state index contributed by atoms with van der Waals surface area (Å²) in [4.78, 5) is 19.8. The second-order valence-electron chi connectivity index (χ2n) is 4.67. The molecule has 0 aliphatic carbocycles. The van der Waals surface area contributed by atoms with E-state index < -0.39 is 0 Å². The summed E-state index contributed by atoms with van der Waals surface area (Å²) in [5.74, 6) is 0.141. The standard InChI is InChI=1S/C13H15N5O/c19-13(8-11-2-1-4-14-9-11)17-7-3-12(10-17)18-15-5-6-16-18/h1-2,4-6,9,12H,3,7-8,10H2. The van der Waals surface area contributed by atoms with Crippen LogP contribution in [0.4, 0.5) is 0 Å². The highest BCUT2D eigenvalue weighted by molar-refractivity contribution is 5.78. The number of amides is 1. The SMILES string of the molecule is O=C(Cc1cccnc1)N1CCC(n2nccn2)C1. The van der Waals surface area contributed by atoms with Crippen molar-refractivity contribution in [3.8, 4) is 0 Å². The van der Waals surface area contributed by atoms with Gasteiger partial charge in [0, 0.05) is 25.5 Å². The third kappa shape index (κ3) is 2.62. The van der Waals surface area contributed by atoms with E-state index in [1.54, 1.807) is 29.6 Å². The summed E-state index contributed by atoms with van der Waals surface area (Å²) in [6.45, 7) is 1.46. The lowest BCUT2D eigenvalue weighted by molar-refractivity contribution is -0.129. The normalized spacial score (nSPS) is 18.7. The van der Waals surface area contributed by atoms with Crippen molar-refractivity contribution < 1.29 is 4.79 Å². The number of carbonyl (C=O) groups is 1. The van der Waals surface area contributed by atoms with E-state index in [1.807, 2.05) is 17.0 Å². The molecule has 3 heterocycles. The quantitative estimate of drug-likeness (QED) is 0.811. The Labute approximate surface area is 111 Å². The highest BCUT2D eigenvalue weighted by Gasteiger charge is 2.28. The van der Waals surface area contributed by atoms with Crippen molar-refractivity contribution in [1.82, 2.24) is 24.9 Å². The molecule has 1 atom stereocenters. The second kappa shape index (κ2) is 5.17. The number of hydrogen-bond donors (Lipinski definition) is 0. The van der Waals surface area contributed by atoms with E-state index in [9.17, 15) is 4.79 Å². The Morgan fingerprint density at radius 3 is 2.89 bits per heavy atom. The van der Waals surface area contributed by atoms with E-state index in [-0.39, 0.29) is 11.9 Å². The Morgan fingerprint density at radius 1 is 1.32 bits per heavy atom. The average molecular weight is 257 g/mol. The van der Waals surface area contributed by atoms with Crippen LogP contribution in [0, 0.1) is 0 Å². The van der Waals surface area contributed by atoms with Gasteiger partial charge in [0.15, 0.2) is 0 Å². The van der Waals surface area contributed by atoms with E-state index in [0.29, 0.717) is 13.0 Å². The molecule has 2 aromatic heterocycles. The van der Waals surface area contributed by atoms with Crippen LogP contribution in [0.3, 0.4) is 0 Å². The smallest absolute Gasteiger partial charge is 0.227 e. The fourth-order valence-corrected chi connectivity index (χ4v) is 2.36. The Hall–Kier alpha value is -2.24. The van der Waals surface area contributed by atoms with E-state index >= 15 is 0 Å². The van der Waals surface area contributed by atoms with E-state index in [4.69, 9.17) is 0 Å². The Bertz CT molecular complexity index is 539. The molecule has 2 aromatic rings. The van der Waals surface area contributed by atoms with Crippen LogP contribution in [0.25, 0.3) is 0 Å². The van der Waals surface area contributed by atoms with Gasteiger partial charge in [-0.25, -0.2) is 0 Å². The van der Waals surface area contributed by atoms with Crippen molar-refractivity contribution in [2.75, 3.05) is 13.1 Å². The van der Waals surface area contributed by atoms with Gasteiger partial charge in [0.05, 0.1) is 24.9 Å². The number of likely N-dealkylation sites (tertiary alicyclic amines) is 1. The van der Waals surface area contributed by atoms with Crippen molar-refractivity contribution in [2.45, 2.75) is 18.9 Å². The fraction of sp³-hybridized carbons (Fsp3) is 0.385. The number of rotatable bonds is 3. The van der Waals surface area contributed by atoms with Gasteiger partial charge in [0.2, 0.25) is 5.91 Å². The fourth-order valence-electron chi connectivity index (χ4n) is 2.36. The molecule has 6 nitrogen and oxygen atoms in total. The van der Waals surface area contributed by atoms with Gasteiger partial charge in [-0.15, -0.1) is 0 Å². The molecule has 98 valence electrons. The van der Waals surface area contributed by atoms with Crippen LogP contribution >= 0.6 is 0 Å². The molecule has 3 rings (SSSR count). The van der Waals surface area contributed by atoms with E-state index in [2.05, 4.69) is 15.2 Å². The highest BCUT2D eigenvalue weighted by atomic mass is 16.2. The van der Waals surface area contributed by atoms with Crippen molar-refractivity contribution in [3.63, 3.8) is 0 Å². The van der Waals surface area contributed by atoms with Crippen molar-refractivity contribution in [1.29, 1.82) is 0 Å². The van der Waals surface area contributed by atoms with Gasteiger partial charge in [-0.05, 0) is 18.1 Å². The van der Waals surface area contributed by atoms with Gasteiger partial charge in [-0.2, -0.15) is 15.0 Å². The molecule has 1 aliphatic rings. The minimum absolute atomic E-state index is 0.141. The third-order valence-electron chi connectivity index (χ3n) is 3.36. The van der Waals surface area contributed by atoms with Crippen LogP contribution in [0.2, 0.25) is 0 Å². The van der Waals surface area contributed by atoms with Crippen LogP contribution in [0.1, 0.15) is 18.0 Å². The first-order valence-electron chi connectivity index (χ1n) is 6.35. The molecule has 1 fully saturated rings. The first kappa shape index (κ1) is 11.8. The van der Waals surface area contributed by atoms with Crippen LogP contribution in [-0.4, -0.2) is 43.9 Å². The van der Waals surface area contributed by atoms with Crippen LogP contribution in [0.15, 0.2) is 36.9 Å². The van der Waals surface area contributed by atoms with Gasteiger partial charge in [0.1, 0.15) is 0 Å². The number of pyridine rings is 1. The largest absolute Gasteiger partial charge is 0.340 e. The molecule has 0 aromatic carbocycles. The molecular weight excluding hydrogens is 242 g/mol. The predicted molar refractivity (Wildman–Crippen MR) is 68.2 cm³/mol. The molecule has 1 saturated heterocycles. The maximum absolute atomic E-state index is 12.2. The molecule has 0 radical (unpaired) electrons. The molecule has 0 N–H and O–H groups in total. The Morgan fingerprint density at radius 2 is 2.16 bits per heavy atom. The molecule has 1 unspecified atom stereocenters. The number of carbonyl (C=O) groups excluding carboxylic acids is 1. The number of aromatic nitrogens is 4. The summed E-state index contributed by atoms with van der Waals surface area (Å²) in [7, 11) is 0. The molecular formula is C13H15N5O. The molecule has 6 heteroatoms. The lowest BCUT2D eigenvalue weighted by Crippen LogP contribution is -2.30. The second-order valence-corrected chi connectivity index (χ2v) is 4.67. The summed E-state index contributed by atoms with van der Waals surface area (Å²) < 4.78 is 0. The zero-order valence-electron chi connectivity index (χ0n) is 10.5. The zero-order chi connectivity index (χ0) is 13.1. The lowest BCUT2D eigenvalue weighted by atomic mass is 10.2. The molecule has 0 spiro atoms. The molecule has 0 bridgehead atoms. The minimum atomic E-state index is 0.141. The summed E-state index contributed by atoms with van der Waals surface area (Å²) in [5.41, 5.74) is 0.952. The minimum Gasteiger partial charge on any atom is -0.340 e. The van der Waals surface area contributed by atoms with Crippen molar-refractivity contribution >= 4 is 5.91 Å². The third-order valence-corrected chi connectivity index (χ3v) is 3.36. The summed E-state index contributed by atoms with van der Waals surface area (Å²) in [6.07, 6.45) is 8.10. The summed E-state index contributed by atoms with van der Waals surface area (Å²) in [5, 5.41) is 8.27. The van der Waals surface area contributed by atoms with Gasteiger partial charge in [-0.3, -0.25) is 9.78 Å². The number of hydrogen-bond acceptors (Lipinski definition) is 4. The Balaban J connectivity index is 1.60. The summed E-state index contributed by atoms with van der Waals surface area (Å²) >= 11 is 0. The van der Waals surface area contributed by atoms with Crippen molar-refractivity contribution in [2.24, 2.45) is 0 Å². The van der Waals surface area contributed by atoms with E-state index in [1.165, 1.54) is 0 Å². The topological polar surface area (TPSA) is 63.9 Å². The molecule has 1 aliphatic heterocycles. The predicted octanol–water partition coefficient (Wildman–Crippen LogP) is 0.689. The van der Waals surface area contributed by atoms with Crippen molar-refractivity contribution in [3.05, 3.63) is 42.5 Å². The average Bonchev–Trinajstić information content (AvgIpc) is 3.11. The highest BCUT2D eigenvalue weighted by Crippen LogP contribution is 2.20. The molecule has 19 heavy (non-hydrogen) atoms. The number of nitrogens with zero attached hydrogens (tertiary/aromatic N) is 5. The maximum Gasteiger partial charge on any atom is 0.227 e. The van der Waals surface area contributed by atoms with Gasteiger partial charge < -0.3 is 4.90 Å². The lowest BCUT2D eigenvalue weighted by Gasteiger charge is -2.16. The van der Waals surface area contributed by atoms with Crippen LogP contribution < -0.4 is 0 Å². The zero-order valence-corrected chi connectivity index (χ0v) is 10.5. The van der Waals surface area contributed by atoms with Crippen LogP contribution in [-0.2, 0) is 11.2 Å². The first-order valence-corrected chi connectivity index (χ1v) is 6.35. The van der Waals surface area contributed by atoms with Crippen LogP contribution in [0.5, 0.6) is 0 Å². The molecule has 1 amide bonds. The van der Waals surface area contributed by atoms with Gasteiger partial charge in [0.25, 0.3) is 0 Å². The monoisotopic (exact) mass is 257 g/mol. The van der Waals surface area contributed by atoms with Gasteiger partial charge in [-0.1, -0.05) is 6.07 Å². The van der Waals surface area contributed by atoms with Gasteiger partial charge >= 0.3 is 0 Å². The summed E-state index contributed by atoms with van der Waals surface area (Å²) in [6, 6.07) is 3.98. The molecule has 0 saturated carbocycles. The maximum atomic E-state index is 12.2. The Kier molecular flexibility index (Phi) is 3.22. The first-order chi connectivity index (χ1) is 9.33. The van der Waals surface area contributed by atoms with E-state index in [0.717, 1.165) is 18.5 Å².